The summed E-state index contributed by atoms with van der Waals surface area (Å²) in [7, 11) is 1.53. The molecule has 2 amide bonds. The lowest BCUT2D eigenvalue weighted by molar-refractivity contribution is -0.139. The smallest absolute Gasteiger partial charge is 0.338 e. The number of carbonyl (C=O) groups is 3. The Hall–Kier alpha value is -3.03. The van der Waals surface area contributed by atoms with Crippen molar-refractivity contribution in [3.63, 3.8) is 0 Å². The number of ether oxygens (including phenoxy) is 2. The summed E-state index contributed by atoms with van der Waals surface area (Å²) in [4.78, 5) is 38.4. The van der Waals surface area contributed by atoms with Crippen molar-refractivity contribution in [1.82, 2.24) is 10.2 Å². The Balaban J connectivity index is 2.02. The lowest BCUT2D eigenvalue weighted by Gasteiger charge is -2.34. The molecule has 0 saturated carbocycles. The second kappa shape index (κ2) is 10.1. The normalized spacial score (nSPS) is 16.0. The Bertz CT molecular complexity index is 1080. The summed E-state index contributed by atoms with van der Waals surface area (Å²) in [6.07, 6.45) is 0. The number of rotatable bonds is 7. The maximum absolute atomic E-state index is 12.9. The molecule has 32 heavy (non-hydrogen) atoms. The van der Waals surface area contributed by atoms with Gasteiger partial charge in [-0.1, -0.05) is 29.3 Å². The predicted octanol–water partition coefficient (Wildman–Crippen LogP) is 4.79. The third-order valence-corrected chi connectivity index (χ3v) is 5.54. The van der Waals surface area contributed by atoms with Gasteiger partial charge < -0.3 is 14.8 Å². The number of nitrogens with zero attached hydrogens (tertiary/aromatic N) is 1. The van der Waals surface area contributed by atoms with Crippen molar-refractivity contribution in [2.45, 2.75) is 19.9 Å². The number of urea groups is 1. The first-order valence-electron chi connectivity index (χ1n) is 9.86. The topological polar surface area (TPSA) is 84.9 Å². The van der Waals surface area contributed by atoms with Crippen LogP contribution in [0.3, 0.4) is 0 Å². The van der Waals surface area contributed by atoms with Gasteiger partial charge in [-0.2, -0.15) is 0 Å². The molecule has 0 aliphatic carbocycles. The van der Waals surface area contributed by atoms with Crippen molar-refractivity contribution in [2.75, 3.05) is 20.3 Å². The molecule has 0 radical (unpaired) electrons. The molecule has 168 valence electrons. The second-order valence-electron chi connectivity index (χ2n) is 7.06. The minimum absolute atomic E-state index is 0.0600. The van der Waals surface area contributed by atoms with E-state index in [2.05, 4.69) is 5.32 Å². The number of esters is 1. The quantitative estimate of drug-likeness (QED) is 0.458. The Labute approximate surface area is 195 Å². The summed E-state index contributed by atoms with van der Waals surface area (Å²) in [6, 6.07) is 10.1. The van der Waals surface area contributed by atoms with Crippen molar-refractivity contribution in [3.05, 3.63) is 74.9 Å². The number of benzene rings is 2. The number of Topliss-reactive ketones (excluding diaryl/α,β-unsaturated/α-hetero) is 1. The number of carbonyl (C=O) groups excluding carboxylic acids is 3. The number of amides is 2. The highest BCUT2D eigenvalue weighted by Gasteiger charge is 2.38. The van der Waals surface area contributed by atoms with E-state index in [1.54, 1.807) is 49.4 Å². The van der Waals surface area contributed by atoms with Crippen molar-refractivity contribution in [1.29, 1.82) is 0 Å². The van der Waals surface area contributed by atoms with Crippen LogP contribution in [0.15, 0.2) is 53.7 Å². The number of ketones is 1. The molecule has 9 heteroatoms. The molecule has 0 spiro atoms. The number of hydrogen-bond donors (Lipinski definition) is 1. The SMILES string of the molecule is CCOC(=O)C1=C(COc2ccc(C(C)=O)cc2)N(C)C(=O)N[C@@H]1c1ccc(Cl)cc1Cl. The Kier molecular flexibility index (Phi) is 7.43. The van der Waals surface area contributed by atoms with Crippen LogP contribution >= 0.6 is 23.2 Å². The molecule has 1 atom stereocenters. The average Bonchev–Trinajstić information content (AvgIpc) is 2.75. The standard InChI is InChI=1S/C23H22Cl2N2O5/c1-4-31-22(29)20-19(12-32-16-8-5-14(6-9-16)13(2)28)27(3)23(30)26-21(20)17-10-7-15(24)11-18(17)25/h5-11,21H,4,12H2,1-3H3,(H,26,30)/t21-/m1/s1. The van der Waals surface area contributed by atoms with Crippen molar-refractivity contribution in [3.8, 4) is 5.75 Å². The van der Waals surface area contributed by atoms with Crippen molar-refractivity contribution >= 4 is 41.0 Å². The third kappa shape index (κ3) is 5.06. The summed E-state index contributed by atoms with van der Waals surface area (Å²) < 4.78 is 11.1. The first-order chi connectivity index (χ1) is 15.2. The first kappa shape index (κ1) is 23.6. The van der Waals surface area contributed by atoms with E-state index in [0.717, 1.165) is 0 Å². The average molecular weight is 477 g/mol. The molecular formula is C23H22Cl2N2O5. The van der Waals surface area contributed by atoms with Gasteiger partial charge >= 0.3 is 12.0 Å². The molecule has 1 N–H and O–H groups in total. The van der Waals surface area contributed by atoms with E-state index in [1.165, 1.54) is 18.9 Å². The number of nitrogens with one attached hydrogen (secondary N) is 1. The molecule has 1 aliphatic rings. The molecule has 2 aromatic rings. The molecule has 1 heterocycles. The van der Waals surface area contributed by atoms with Crippen LogP contribution in [0.5, 0.6) is 5.75 Å². The van der Waals surface area contributed by atoms with Crippen LogP contribution in [0.25, 0.3) is 0 Å². The van der Waals surface area contributed by atoms with E-state index < -0.39 is 18.0 Å². The first-order valence-corrected chi connectivity index (χ1v) is 10.6. The predicted molar refractivity (Wildman–Crippen MR) is 121 cm³/mol. The lowest BCUT2D eigenvalue weighted by Crippen LogP contribution is -2.48. The Morgan fingerprint density at radius 3 is 2.41 bits per heavy atom. The van der Waals surface area contributed by atoms with Crippen molar-refractivity contribution in [2.24, 2.45) is 0 Å². The van der Waals surface area contributed by atoms with Gasteiger partial charge in [0, 0.05) is 22.7 Å². The summed E-state index contributed by atoms with van der Waals surface area (Å²) in [5.41, 5.74) is 1.59. The van der Waals surface area contributed by atoms with Gasteiger partial charge in [-0.25, -0.2) is 9.59 Å². The van der Waals surface area contributed by atoms with Gasteiger partial charge in [0.05, 0.1) is 23.9 Å². The molecule has 0 saturated heterocycles. The van der Waals surface area contributed by atoms with Gasteiger partial charge in [0.2, 0.25) is 0 Å². The number of likely N-dealkylation sites (N-methyl/N-ethyl adjacent to an activating group) is 1. The fourth-order valence-corrected chi connectivity index (χ4v) is 3.81. The highest BCUT2D eigenvalue weighted by molar-refractivity contribution is 6.35. The molecule has 0 aromatic heterocycles. The molecule has 7 nitrogen and oxygen atoms in total. The van der Waals surface area contributed by atoms with Crippen LogP contribution in [-0.2, 0) is 9.53 Å². The van der Waals surface area contributed by atoms with E-state index in [-0.39, 0.29) is 24.6 Å². The third-order valence-electron chi connectivity index (χ3n) is 4.98. The summed E-state index contributed by atoms with van der Waals surface area (Å²) >= 11 is 12.4. The van der Waals surface area contributed by atoms with Crippen molar-refractivity contribution < 1.29 is 23.9 Å². The zero-order valence-corrected chi connectivity index (χ0v) is 19.3. The largest absolute Gasteiger partial charge is 0.487 e. The summed E-state index contributed by atoms with van der Waals surface area (Å²) in [6.45, 7) is 3.24. The minimum atomic E-state index is -0.846. The summed E-state index contributed by atoms with van der Waals surface area (Å²) in [5.74, 6) is -0.178. The number of halogens is 2. The molecular weight excluding hydrogens is 455 g/mol. The fraction of sp³-hybridized carbons (Fsp3) is 0.261. The van der Waals surface area contributed by atoms with Crippen LogP contribution in [0, 0.1) is 0 Å². The lowest BCUT2D eigenvalue weighted by atomic mass is 9.94. The molecule has 0 unspecified atom stereocenters. The van der Waals surface area contributed by atoms with E-state index in [1.807, 2.05) is 0 Å². The fourth-order valence-electron chi connectivity index (χ4n) is 3.29. The molecule has 1 aliphatic heterocycles. The van der Waals surface area contributed by atoms with Crippen LogP contribution in [0.2, 0.25) is 10.0 Å². The molecule has 0 fully saturated rings. The van der Waals surface area contributed by atoms with Crippen LogP contribution in [0.4, 0.5) is 4.79 Å². The maximum Gasteiger partial charge on any atom is 0.338 e. The molecule has 0 bridgehead atoms. The van der Waals surface area contributed by atoms with Gasteiger partial charge in [0.1, 0.15) is 12.4 Å². The zero-order chi connectivity index (χ0) is 23.4. The highest BCUT2D eigenvalue weighted by atomic mass is 35.5. The highest BCUT2D eigenvalue weighted by Crippen LogP contribution is 2.35. The van der Waals surface area contributed by atoms with E-state index in [0.29, 0.717) is 32.6 Å². The second-order valence-corrected chi connectivity index (χ2v) is 7.90. The Morgan fingerprint density at radius 1 is 1.12 bits per heavy atom. The monoisotopic (exact) mass is 476 g/mol. The number of hydrogen-bond acceptors (Lipinski definition) is 5. The maximum atomic E-state index is 12.9. The van der Waals surface area contributed by atoms with E-state index in [4.69, 9.17) is 32.7 Å². The van der Waals surface area contributed by atoms with Gasteiger partial charge in [0.15, 0.2) is 5.78 Å². The summed E-state index contributed by atoms with van der Waals surface area (Å²) in [5, 5.41) is 3.52. The molecule has 3 rings (SSSR count). The van der Waals surface area contributed by atoms with Gasteiger partial charge in [0.25, 0.3) is 0 Å². The molecule has 2 aromatic carbocycles. The van der Waals surface area contributed by atoms with Crippen LogP contribution in [-0.4, -0.2) is 42.9 Å². The van der Waals surface area contributed by atoms with Crippen LogP contribution < -0.4 is 10.1 Å². The van der Waals surface area contributed by atoms with E-state index >= 15 is 0 Å². The van der Waals surface area contributed by atoms with Gasteiger partial charge in [-0.05, 0) is 55.8 Å². The van der Waals surface area contributed by atoms with Gasteiger partial charge in [-0.3, -0.25) is 9.69 Å². The van der Waals surface area contributed by atoms with Crippen LogP contribution in [0.1, 0.15) is 35.8 Å². The van der Waals surface area contributed by atoms with Gasteiger partial charge in [-0.15, -0.1) is 0 Å². The van der Waals surface area contributed by atoms with E-state index in [9.17, 15) is 14.4 Å². The Morgan fingerprint density at radius 2 is 1.81 bits per heavy atom. The zero-order valence-electron chi connectivity index (χ0n) is 17.8. The minimum Gasteiger partial charge on any atom is -0.487 e.